The lowest BCUT2D eigenvalue weighted by Crippen LogP contribution is -2.41. The van der Waals surface area contributed by atoms with Gasteiger partial charge in [-0.3, -0.25) is 0 Å². The van der Waals surface area contributed by atoms with Crippen molar-refractivity contribution in [3.63, 3.8) is 0 Å². The molecule has 1 heterocycles. The number of hydrogen-bond acceptors (Lipinski definition) is 5. The maximum atomic E-state index is 13.8. The van der Waals surface area contributed by atoms with Crippen molar-refractivity contribution in [2.24, 2.45) is 5.92 Å². The Labute approximate surface area is 144 Å². The van der Waals surface area contributed by atoms with Crippen LogP contribution >= 0.6 is 11.3 Å². The molecule has 1 aromatic heterocycles. The molecule has 0 bridgehead atoms. The van der Waals surface area contributed by atoms with Crippen LogP contribution in [0.2, 0.25) is 0 Å². The molecule has 1 saturated carbocycles. The average Bonchev–Trinajstić information content (AvgIpc) is 3.27. The molecule has 0 saturated heterocycles. The molecular weight excluding hydrogens is 353 g/mol. The van der Waals surface area contributed by atoms with Crippen LogP contribution in [0.5, 0.6) is 5.75 Å². The third-order valence-corrected chi connectivity index (χ3v) is 6.60. The van der Waals surface area contributed by atoms with E-state index in [2.05, 4.69) is 4.72 Å². The number of sulfonamides is 1. The zero-order valence-electron chi connectivity index (χ0n) is 13.0. The number of halogens is 1. The van der Waals surface area contributed by atoms with E-state index in [4.69, 9.17) is 4.74 Å². The van der Waals surface area contributed by atoms with Crippen LogP contribution in [0.4, 0.5) is 4.39 Å². The minimum absolute atomic E-state index is 0.0259. The quantitative estimate of drug-likeness (QED) is 0.784. The van der Waals surface area contributed by atoms with Gasteiger partial charge in [-0.05, 0) is 48.4 Å². The summed E-state index contributed by atoms with van der Waals surface area (Å²) in [6, 6.07) is 7.05. The maximum Gasteiger partial charge on any atom is 0.240 e. The fraction of sp³-hybridized carbons (Fsp3) is 0.375. The molecule has 0 radical (unpaired) electrons. The highest BCUT2D eigenvalue weighted by Crippen LogP contribution is 2.46. The second kappa shape index (κ2) is 6.44. The summed E-state index contributed by atoms with van der Waals surface area (Å²) in [5.41, 5.74) is -1.23. The maximum absolute atomic E-state index is 13.8. The lowest BCUT2D eigenvalue weighted by atomic mass is 9.96. The minimum atomic E-state index is -3.94. The molecule has 0 amide bonds. The molecule has 3 rings (SSSR count). The van der Waals surface area contributed by atoms with E-state index < -0.39 is 21.4 Å². The Hall–Kier alpha value is -1.48. The largest absolute Gasteiger partial charge is 0.494 e. The zero-order valence-corrected chi connectivity index (χ0v) is 14.7. The van der Waals surface area contributed by atoms with Crippen molar-refractivity contribution in [1.29, 1.82) is 0 Å². The Kier molecular flexibility index (Phi) is 4.65. The number of nitrogens with one attached hydrogen (secondary N) is 1. The van der Waals surface area contributed by atoms with Gasteiger partial charge >= 0.3 is 0 Å². The van der Waals surface area contributed by atoms with Crippen molar-refractivity contribution >= 4 is 21.4 Å². The molecule has 1 atom stereocenters. The van der Waals surface area contributed by atoms with E-state index in [-0.39, 0.29) is 23.1 Å². The Balaban J connectivity index is 1.80. The van der Waals surface area contributed by atoms with Crippen molar-refractivity contribution in [3.8, 4) is 5.75 Å². The summed E-state index contributed by atoms with van der Waals surface area (Å²) in [5, 5.41) is 12.8. The van der Waals surface area contributed by atoms with Gasteiger partial charge in [0.15, 0.2) is 11.6 Å². The van der Waals surface area contributed by atoms with Crippen molar-refractivity contribution in [3.05, 3.63) is 46.4 Å². The van der Waals surface area contributed by atoms with E-state index in [9.17, 15) is 17.9 Å². The number of methoxy groups -OCH3 is 1. The lowest BCUT2D eigenvalue weighted by Gasteiger charge is -2.27. The van der Waals surface area contributed by atoms with Gasteiger partial charge in [0.2, 0.25) is 10.0 Å². The zero-order chi connectivity index (χ0) is 17.4. The van der Waals surface area contributed by atoms with Gasteiger partial charge in [0.1, 0.15) is 5.60 Å². The first-order valence-corrected chi connectivity index (χ1v) is 9.82. The summed E-state index contributed by atoms with van der Waals surface area (Å²) in [4.78, 5) is 0.527. The second-order valence-electron chi connectivity index (χ2n) is 5.80. The third-order valence-electron chi connectivity index (χ3n) is 4.17. The predicted octanol–water partition coefficient (Wildman–Crippen LogP) is 2.47. The number of thiophene rings is 1. The van der Waals surface area contributed by atoms with Gasteiger partial charge in [-0.25, -0.2) is 17.5 Å². The highest BCUT2D eigenvalue weighted by atomic mass is 32.2. The number of ether oxygens (including phenoxy) is 1. The summed E-state index contributed by atoms with van der Waals surface area (Å²) >= 11 is 1.39. The molecule has 24 heavy (non-hydrogen) atoms. The second-order valence-corrected chi connectivity index (χ2v) is 8.51. The molecule has 1 unspecified atom stereocenters. The molecule has 130 valence electrons. The molecule has 0 spiro atoms. The van der Waals surface area contributed by atoms with E-state index in [1.54, 1.807) is 6.07 Å². The van der Waals surface area contributed by atoms with Gasteiger partial charge in [-0.15, -0.1) is 11.3 Å². The van der Waals surface area contributed by atoms with E-state index >= 15 is 0 Å². The van der Waals surface area contributed by atoms with Gasteiger partial charge < -0.3 is 9.84 Å². The molecule has 8 heteroatoms. The first-order chi connectivity index (χ1) is 11.4. The monoisotopic (exact) mass is 371 g/mol. The van der Waals surface area contributed by atoms with Crippen molar-refractivity contribution in [1.82, 2.24) is 4.72 Å². The number of aliphatic hydroxyl groups is 1. The van der Waals surface area contributed by atoms with Crippen molar-refractivity contribution < 1.29 is 22.7 Å². The Morgan fingerprint density at radius 1 is 1.42 bits per heavy atom. The summed E-state index contributed by atoms with van der Waals surface area (Å²) in [7, 11) is -2.63. The molecule has 1 aliphatic carbocycles. The van der Waals surface area contributed by atoms with Crippen LogP contribution in [0.1, 0.15) is 17.7 Å². The van der Waals surface area contributed by atoms with Gasteiger partial charge in [0.25, 0.3) is 0 Å². The summed E-state index contributed by atoms with van der Waals surface area (Å²) in [5.74, 6) is -0.746. The van der Waals surface area contributed by atoms with Crippen LogP contribution in [-0.2, 0) is 15.6 Å². The SMILES string of the molecule is COc1ccc(S(=O)(=O)NCC(O)(c2cccs2)C2CC2)cc1F. The molecule has 1 fully saturated rings. The topological polar surface area (TPSA) is 75.6 Å². The first kappa shape index (κ1) is 17.3. The summed E-state index contributed by atoms with van der Waals surface area (Å²) in [6.07, 6.45) is 1.71. The van der Waals surface area contributed by atoms with Gasteiger partial charge in [0, 0.05) is 11.4 Å². The normalized spacial score (nSPS) is 17.5. The Morgan fingerprint density at radius 2 is 2.17 bits per heavy atom. The molecule has 2 aromatic rings. The highest BCUT2D eigenvalue weighted by Gasteiger charge is 2.46. The van der Waals surface area contributed by atoms with Crippen molar-refractivity contribution in [2.75, 3.05) is 13.7 Å². The minimum Gasteiger partial charge on any atom is -0.494 e. The van der Waals surface area contributed by atoms with Crippen LogP contribution in [0, 0.1) is 11.7 Å². The fourth-order valence-corrected chi connectivity index (χ4v) is 4.61. The van der Waals surface area contributed by atoms with E-state index in [1.165, 1.54) is 30.6 Å². The Bertz CT molecular complexity index is 819. The van der Waals surface area contributed by atoms with Crippen molar-refractivity contribution in [2.45, 2.75) is 23.3 Å². The van der Waals surface area contributed by atoms with E-state index in [0.717, 1.165) is 23.8 Å². The van der Waals surface area contributed by atoms with Crippen LogP contribution in [0.3, 0.4) is 0 Å². The molecule has 1 aliphatic rings. The molecule has 2 N–H and O–H groups in total. The summed E-state index contributed by atoms with van der Waals surface area (Å²) < 4.78 is 45.8. The van der Waals surface area contributed by atoms with E-state index in [1.807, 2.05) is 11.4 Å². The van der Waals surface area contributed by atoms with Gasteiger partial charge in [-0.2, -0.15) is 0 Å². The van der Waals surface area contributed by atoms with Crippen LogP contribution < -0.4 is 9.46 Å². The molecule has 0 aliphatic heterocycles. The summed E-state index contributed by atoms with van der Waals surface area (Å²) in [6.45, 7) is -0.145. The number of hydrogen-bond donors (Lipinski definition) is 2. The van der Waals surface area contributed by atoms with Crippen LogP contribution in [0.25, 0.3) is 0 Å². The third kappa shape index (κ3) is 3.32. The van der Waals surface area contributed by atoms with Crippen LogP contribution in [-0.4, -0.2) is 27.2 Å². The lowest BCUT2D eigenvalue weighted by molar-refractivity contribution is 0.0222. The van der Waals surface area contributed by atoms with E-state index in [0.29, 0.717) is 0 Å². The number of rotatable bonds is 7. The van der Waals surface area contributed by atoms with Gasteiger partial charge in [0.05, 0.1) is 12.0 Å². The smallest absolute Gasteiger partial charge is 0.240 e. The highest BCUT2D eigenvalue weighted by molar-refractivity contribution is 7.89. The molecular formula is C16H18FNO4S2. The number of benzene rings is 1. The molecule has 5 nitrogen and oxygen atoms in total. The standard InChI is InChI=1S/C16H18FNO4S2/c1-22-14-7-6-12(9-13(14)17)24(20,21)18-10-16(19,11-4-5-11)15-3-2-8-23-15/h2-3,6-9,11,18-19H,4-5,10H2,1H3. The Morgan fingerprint density at radius 3 is 2.71 bits per heavy atom. The van der Waals surface area contributed by atoms with Gasteiger partial charge in [-0.1, -0.05) is 6.07 Å². The average molecular weight is 371 g/mol. The fourth-order valence-electron chi connectivity index (χ4n) is 2.62. The first-order valence-electron chi connectivity index (χ1n) is 7.46. The predicted molar refractivity (Wildman–Crippen MR) is 89.1 cm³/mol. The van der Waals surface area contributed by atoms with Crippen LogP contribution in [0.15, 0.2) is 40.6 Å². The molecule has 1 aromatic carbocycles.